The Balaban J connectivity index is 0.000000300. The Hall–Kier alpha value is -2.52. The number of hydrogen-bond donors (Lipinski definition) is 3. The highest BCUT2D eigenvalue weighted by Gasteiger charge is 2.37. The average molecular weight is 429 g/mol. The Bertz CT molecular complexity index is 698. The molecule has 1 saturated heterocycles. The number of amides is 1. The molecule has 1 atom stereocenters. The van der Waals surface area contributed by atoms with E-state index in [1.54, 1.807) is 24.3 Å². The zero-order chi connectivity index (χ0) is 22.6. The number of carbonyl (C=O) groups excluding carboxylic acids is 1. The molecular formula is C21H30F3N3O3. The highest BCUT2D eigenvalue weighted by atomic mass is 19.4. The normalized spacial score (nSPS) is 17.6. The maximum Gasteiger partial charge on any atom is 0.415 e. The van der Waals surface area contributed by atoms with Gasteiger partial charge in [0, 0.05) is 13.1 Å². The Labute approximate surface area is 175 Å². The average Bonchev–Trinajstić information content (AvgIpc) is 3.29. The van der Waals surface area contributed by atoms with Gasteiger partial charge in [-0.2, -0.15) is 13.2 Å². The minimum Gasteiger partial charge on any atom is -0.484 e. The first-order chi connectivity index (χ1) is 14.3. The van der Waals surface area contributed by atoms with Crippen LogP contribution in [-0.4, -0.2) is 48.0 Å². The number of aliphatic hydroxyl groups excluding tert-OH is 1. The van der Waals surface area contributed by atoms with Crippen LogP contribution in [0.2, 0.25) is 0 Å². The fraction of sp³-hybridized carbons (Fsp3) is 0.476. The summed E-state index contributed by atoms with van der Waals surface area (Å²) in [6.45, 7) is 5.82. The molecular weight excluding hydrogens is 399 g/mol. The second-order valence-electron chi connectivity index (χ2n) is 6.30. The second-order valence-corrected chi connectivity index (χ2v) is 6.30. The van der Waals surface area contributed by atoms with Crippen molar-refractivity contribution in [2.75, 3.05) is 19.7 Å². The number of nitrogens with zero attached hydrogens (tertiary/aromatic N) is 1. The summed E-state index contributed by atoms with van der Waals surface area (Å²) >= 11 is 0. The van der Waals surface area contributed by atoms with Crippen LogP contribution in [0.1, 0.15) is 32.3 Å². The predicted molar refractivity (Wildman–Crippen MR) is 109 cm³/mol. The van der Waals surface area contributed by atoms with Crippen LogP contribution in [0.15, 0.2) is 48.2 Å². The van der Waals surface area contributed by atoms with E-state index < -0.39 is 17.9 Å². The monoisotopic (exact) mass is 429 g/mol. The number of alkyl halides is 3. The summed E-state index contributed by atoms with van der Waals surface area (Å²) in [6.07, 6.45) is 0.318. The highest BCUT2D eigenvalue weighted by molar-refractivity contribution is 5.78. The zero-order valence-electron chi connectivity index (χ0n) is 17.3. The molecule has 0 aromatic heterocycles. The van der Waals surface area contributed by atoms with Crippen molar-refractivity contribution in [3.05, 3.63) is 53.8 Å². The smallest absolute Gasteiger partial charge is 0.415 e. The summed E-state index contributed by atoms with van der Waals surface area (Å²) in [5.74, 6) is 0.712. The van der Waals surface area contributed by atoms with Gasteiger partial charge in [-0.05, 0) is 48.9 Å². The third kappa shape index (κ3) is 8.46. The molecule has 1 aromatic rings. The van der Waals surface area contributed by atoms with E-state index in [4.69, 9.17) is 15.6 Å². The molecule has 4 N–H and O–H groups in total. The fourth-order valence-corrected chi connectivity index (χ4v) is 2.67. The number of allylic oxidation sites excluding steroid dienone is 2. The van der Waals surface area contributed by atoms with E-state index in [9.17, 15) is 18.0 Å². The van der Waals surface area contributed by atoms with Crippen LogP contribution < -0.4 is 15.8 Å². The van der Waals surface area contributed by atoms with Gasteiger partial charge >= 0.3 is 6.18 Å². The van der Waals surface area contributed by atoms with Gasteiger partial charge < -0.3 is 25.8 Å². The predicted octanol–water partition coefficient (Wildman–Crippen LogP) is 3.08. The van der Waals surface area contributed by atoms with E-state index in [1.807, 2.05) is 18.7 Å². The van der Waals surface area contributed by atoms with Crippen LogP contribution in [0, 0.1) is 0 Å². The second kappa shape index (κ2) is 12.9. The standard InChI is InChI=1S/C13H17NO3.C6H7F3N2.C2H6/c15-9-11-3-5-12(6-4-11)17-10-13(16)14-7-1-2-8-14;7-6(8,9)4-2-1-3-11-5(4)10;1-2/h3-6,15H,1-2,7-10H2;1-3,5,11H,10H2;1-2H3. The van der Waals surface area contributed by atoms with Crippen molar-refractivity contribution in [3.8, 4) is 5.75 Å². The van der Waals surface area contributed by atoms with Crippen molar-refractivity contribution < 1.29 is 27.8 Å². The Morgan fingerprint density at radius 1 is 1.23 bits per heavy atom. The molecule has 168 valence electrons. The van der Waals surface area contributed by atoms with Gasteiger partial charge in [0.05, 0.1) is 12.2 Å². The first kappa shape index (κ1) is 25.5. The molecule has 0 bridgehead atoms. The van der Waals surface area contributed by atoms with Crippen LogP contribution in [0.25, 0.3) is 0 Å². The van der Waals surface area contributed by atoms with Crippen molar-refractivity contribution in [2.45, 2.75) is 45.6 Å². The van der Waals surface area contributed by atoms with Crippen LogP contribution in [0.4, 0.5) is 13.2 Å². The number of hydrogen-bond acceptors (Lipinski definition) is 5. The number of ether oxygens (including phenoxy) is 1. The molecule has 2 heterocycles. The van der Waals surface area contributed by atoms with Gasteiger partial charge in [-0.1, -0.05) is 26.0 Å². The third-order valence-corrected chi connectivity index (χ3v) is 4.24. The SMILES string of the molecule is CC.NC1NC=CC=C1C(F)(F)F.O=C(COc1ccc(CO)cc1)N1CCCC1. The summed E-state index contributed by atoms with van der Waals surface area (Å²) in [5.41, 5.74) is 5.20. The number of benzene rings is 1. The number of likely N-dealkylation sites (tertiary alicyclic amines) is 1. The number of rotatable bonds is 4. The summed E-state index contributed by atoms with van der Waals surface area (Å²) in [4.78, 5) is 13.5. The lowest BCUT2D eigenvalue weighted by Crippen LogP contribution is -2.42. The molecule has 0 spiro atoms. The maximum absolute atomic E-state index is 12.0. The van der Waals surface area contributed by atoms with E-state index in [0.717, 1.165) is 37.6 Å². The van der Waals surface area contributed by atoms with Gasteiger partial charge in [-0.3, -0.25) is 4.79 Å². The van der Waals surface area contributed by atoms with Gasteiger partial charge in [0.1, 0.15) is 11.9 Å². The third-order valence-electron chi connectivity index (χ3n) is 4.24. The largest absolute Gasteiger partial charge is 0.484 e. The van der Waals surface area contributed by atoms with Crippen LogP contribution in [0.3, 0.4) is 0 Å². The maximum atomic E-state index is 12.0. The Morgan fingerprint density at radius 2 is 1.83 bits per heavy atom. The summed E-state index contributed by atoms with van der Waals surface area (Å²) < 4.78 is 41.3. The molecule has 1 aromatic carbocycles. The van der Waals surface area contributed by atoms with Crippen molar-refractivity contribution in [2.24, 2.45) is 5.73 Å². The van der Waals surface area contributed by atoms with Crippen molar-refractivity contribution >= 4 is 5.91 Å². The number of carbonyl (C=O) groups is 1. The Morgan fingerprint density at radius 3 is 2.30 bits per heavy atom. The summed E-state index contributed by atoms with van der Waals surface area (Å²) in [6, 6.07) is 7.11. The fourth-order valence-electron chi connectivity index (χ4n) is 2.67. The van der Waals surface area contributed by atoms with E-state index in [2.05, 4.69) is 5.32 Å². The quantitative estimate of drug-likeness (QED) is 0.685. The molecule has 6 nitrogen and oxygen atoms in total. The summed E-state index contributed by atoms with van der Waals surface area (Å²) in [5, 5.41) is 11.2. The molecule has 1 amide bonds. The molecule has 0 radical (unpaired) electrons. The van der Waals surface area contributed by atoms with Crippen molar-refractivity contribution in [1.82, 2.24) is 10.2 Å². The van der Waals surface area contributed by atoms with Crippen molar-refractivity contribution in [1.29, 1.82) is 0 Å². The molecule has 0 aliphatic carbocycles. The van der Waals surface area contributed by atoms with Gasteiger partial charge in [-0.25, -0.2) is 0 Å². The molecule has 0 saturated carbocycles. The van der Waals surface area contributed by atoms with Crippen LogP contribution >= 0.6 is 0 Å². The van der Waals surface area contributed by atoms with Crippen LogP contribution in [0.5, 0.6) is 5.75 Å². The minimum absolute atomic E-state index is 0.0208. The molecule has 2 aliphatic heterocycles. The lowest BCUT2D eigenvalue weighted by atomic mass is 10.1. The topological polar surface area (TPSA) is 87.8 Å². The van der Waals surface area contributed by atoms with Gasteiger partial charge in [0.25, 0.3) is 5.91 Å². The van der Waals surface area contributed by atoms with E-state index in [-0.39, 0.29) is 19.1 Å². The van der Waals surface area contributed by atoms with Gasteiger partial charge in [0.15, 0.2) is 6.61 Å². The minimum atomic E-state index is -4.34. The molecule has 3 rings (SSSR count). The van der Waals surface area contributed by atoms with E-state index in [0.29, 0.717) is 5.75 Å². The van der Waals surface area contributed by atoms with E-state index in [1.165, 1.54) is 12.3 Å². The molecule has 1 fully saturated rings. The summed E-state index contributed by atoms with van der Waals surface area (Å²) in [7, 11) is 0. The van der Waals surface area contributed by atoms with Gasteiger partial charge in [-0.15, -0.1) is 0 Å². The van der Waals surface area contributed by atoms with Crippen LogP contribution in [-0.2, 0) is 11.4 Å². The lowest BCUT2D eigenvalue weighted by molar-refractivity contribution is -0.132. The first-order valence-electron chi connectivity index (χ1n) is 9.87. The Kier molecular flexibility index (Phi) is 11.0. The molecule has 30 heavy (non-hydrogen) atoms. The molecule has 2 aliphatic rings. The number of halogens is 3. The molecule has 1 unspecified atom stereocenters. The number of nitrogens with two attached hydrogens (primary N) is 1. The number of dihydropyridines is 1. The lowest BCUT2D eigenvalue weighted by Gasteiger charge is -2.20. The zero-order valence-corrected chi connectivity index (χ0v) is 17.3. The highest BCUT2D eigenvalue weighted by Crippen LogP contribution is 2.27. The van der Waals surface area contributed by atoms with Crippen molar-refractivity contribution in [3.63, 3.8) is 0 Å². The number of nitrogens with one attached hydrogen (secondary N) is 1. The van der Waals surface area contributed by atoms with Gasteiger partial charge in [0.2, 0.25) is 0 Å². The first-order valence-corrected chi connectivity index (χ1v) is 9.87. The molecule has 9 heteroatoms. The van der Waals surface area contributed by atoms with E-state index >= 15 is 0 Å². The number of aliphatic hydroxyl groups is 1.